The Hall–Kier alpha value is -2.72. The molecule has 1 aromatic heterocycles. The summed E-state index contributed by atoms with van der Waals surface area (Å²) in [6.45, 7) is 1.88. The second-order valence-corrected chi connectivity index (χ2v) is 8.78. The van der Waals surface area contributed by atoms with Crippen molar-refractivity contribution in [2.75, 3.05) is 0 Å². The molecule has 166 valence electrons. The van der Waals surface area contributed by atoms with Gasteiger partial charge in [-0.1, -0.05) is 49.2 Å². The van der Waals surface area contributed by atoms with E-state index >= 15 is 0 Å². The molecule has 31 heavy (non-hydrogen) atoms. The molecule has 0 saturated heterocycles. The Labute approximate surface area is 178 Å². The number of sulfonamides is 1. The van der Waals surface area contributed by atoms with Gasteiger partial charge < -0.3 is 4.52 Å². The van der Waals surface area contributed by atoms with Gasteiger partial charge >= 0.3 is 6.18 Å². The second kappa shape index (κ2) is 9.61. The molecule has 2 aromatic carbocycles. The predicted octanol–water partition coefficient (Wildman–Crippen LogP) is 4.97. The normalized spacial score (nSPS) is 12.3. The molecule has 0 aliphatic heterocycles. The molecular weight excluding hydrogens is 431 g/mol. The molecule has 10 heteroatoms. The number of hydrogen-bond donors (Lipinski definition) is 1. The molecule has 1 heterocycles. The summed E-state index contributed by atoms with van der Waals surface area (Å²) in [5.41, 5.74) is 0.610. The molecule has 0 bridgehead atoms. The van der Waals surface area contributed by atoms with Gasteiger partial charge in [0, 0.05) is 5.56 Å². The molecule has 0 aliphatic carbocycles. The third-order valence-corrected chi connectivity index (χ3v) is 6.07. The average molecular weight is 453 g/mol. The number of alkyl halides is 3. The van der Waals surface area contributed by atoms with E-state index in [4.69, 9.17) is 4.52 Å². The van der Waals surface area contributed by atoms with Gasteiger partial charge in [-0.25, -0.2) is 13.1 Å². The van der Waals surface area contributed by atoms with E-state index < -0.39 is 21.8 Å². The van der Waals surface area contributed by atoms with Gasteiger partial charge in [0.25, 0.3) is 0 Å². The summed E-state index contributed by atoms with van der Waals surface area (Å²) < 4.78 is 70.3. The lowest BCUT2D eigenvalue weighted by molar-refractivity contribution is -0.137. The van der Waals surface area contributed by atoms with Crippen LogP contribution < -0.4 is 4.72 Å². The highest BCUT2D eigenvalue weighted by molar-refractivity contribution is 7.89. The molecule has 0 amide bonds. The minimum atomic E-state index is -4.44. The van der Waals surface area contributed by atoms with Gasteiger partial charge in [0.2, 0.25) is 21.7 Å². The lowest BCUT2D eigenvalue weighted by Crippen LogP contribution is -2.23. The average Bonchev–Trinajstić information content (AvgIpc) is 3.22. The highest BCUT2D eigenvalue weighted by atomic mass is 32.2. The van der Waals surface area contributed by atoms with Crippen LogP contribution in [0.1, 0.15) is 43.2 Å². The summed E-state index contributed by atoms with van der Waals surface area (Å²) >= 11 is 0. The van der Waals surface area contributed by atoms with Crippen molar-refractivity contribution in [1.29, 1.82) is 0 Å². The van der Waals surface area contributed by atoms with E-state index in [0.29, 0.717) is 5.56 Å². The first-order valence-electron chi connectivity index (χ1n) is 9.78. The number of halogens is 3. The van der Waals surface area contributed by atoms with Crippen LogP contribution in [-0.2, 0) is 29.2 Å². The molecule has 0 fully saturated rings. The SMILES string of the molecule is CCCCCc1ccc(S(=O)(=O)NCc2nc(-c3ccc(C(F)(F)F)cc3)no2)cc1. The standard InChI is InChI=1S/C21H22F3N3O3S/c1-2-3-4-5-15-6-12-18(13-7-15)31(28,29)25-14-19-26-20(27-30-19)16-8-10-17(11-9-16)21(22,23)24/h6-13,25H,2-5,14H2,1H3. The summed E-state index contributed by atoms with van der Waals surface area (Å²) in [6, 6.07) is 11.0. The summed E-state index contributed by atoms with van der Waals surface area (Å²) in [7, 11) is -3.78. The van der Waals surface area contributed by atoms with Crippen molar-refractivity contribution in [3.05, 3.63) is 65.5 Å². The van der Waals surface area contributed by atoms with Crippen LogP contribution in [0.2, 0.25) is 0 Å². The monoisotopic (exact) mass is 453 g/mol. The first-order chi connectivity index (χ1) is 14.7. The molecule has 0 atom stereocenters. The maximum atomic E-state index is 12.7. The van der Waals surface area contributed by atoms with Crippen molar-refractivity contribution in [2.24, 2.45) is 0 Å². The predicted molar refractivity (Wildman–Crippen MR) is 108 cm³/mol. The molecule has 0 unspecified atom stereocenters. The first kappa shape index (κ1) is 23.0. The van der Waals surface area contributed by atoms with E-state index in [-0.39, 0.29) is 23.2 Å². The van der Waals surface area contributed by atoms with E-state index in [1.165, 1.54) is 12.1 Å². The number of unbranched alkanes of at least 4 members (excludes halogenated alkanes) is 2. The summed E-state index contributed by atoms with van der Waals surface area (Å²) in [5.74, 6) is 0.0639. The number of rotatable bonds is 9. The molecular formula is C21H22F3N3O3S. The molecule has 3 rings (SSSR count). The third kappa shape index (κ3) is 6.14. The molecule has 0 spiro atoms. The van der Waals surface area contributed by atoms with Crippen LogP contribution in [0.4, 0.5) is 13.2 Å². The van der Waals surface area contributed by atoms with Crippen molar-refractivity contribution in [3.63, 3.8) is 0 Å². The smallest absolute Gasteiger partial charge is 0.338 e. The summed E-state index contributed by atoms with van der Waals surface area (Å²) in [4.78, 5) is 4.16. The Kier molecular flexibility index (Phi) is 7.11. The fraction of sp³-hybridized carbons (Fsp3) is 0.333. The lowest BCUT2D eigenvalue weighted by atomic mass is 10.1. The zero-order chi connectivity index (χ0) is 22.5. The van der Waals surface area contributed by atoms with Crippen LogP contribution in [0.25, 0.3) is 11.4 Å². The summed E-state index contributed by atoms with van der Waals surface area (Å²) in [5, 5.41) is 3.70. The van der Waals surface area contributed by atoms with E-state index in [1.54, 1.807) is 24.3 Å². The Morgan fingerprint density at radius 3 is 2.29 bits per heavy atom. The van der Waals surface area contributed by atoms with Crippen molar-refractivity contribution in [1.82, 2.24) is 14.9 Å². The Bertz CT molecular complexity index is 1090. The van der Waals surface area contributed by atoms with Crippen molar-refractivity contribution >= 4 is 10.0 Å². The van der Waals surface area contributed by atoms with Crippen LogP contribution in [-0.4, -0.2) is 18.6 Å². The second-order valence-electron chi connectivity index (χ2n) is 7.01. The number of nitrogens with one attached hydrogen (secondary N) is 1. The molecule has 0 aliphatic rings. The van der Waals surface area contributed by atoms with Gasteiger partial charge in [0.15, 0.2) is 0 Å². The van der Waals surface area contributed by atoms with Gasteiger partial charge in [-0.2, -0.15) is 18.2 Å². The van der Waals surface area contributed by atoms with Gasteiger partial charge in [0.1, 0.15) is 0 Å². The minimum Gasteiger partial charge on any atom is -0.338 e. The Morgan fingerprint density at radius 2 is 1.68 bits per heavy atom. The zero-order valence-electron chi connectivity index (χ0n) is 16.8. The Morgan fingerprint density at radius 1 is 1.00 bits per heavy atom. The fourth-order valence-corrected chi connectivity index (χ4v) is 3.88. The molecule has 0 radical (unpaired) electrons. The number of benzene rings is 2. The van der Waals surface area contributed by atoms with Gasteiger partial charge in [-0.05, 0) is 42.7 Å². The molecule has 1 N–H and O–H groups in total. The number of aromatic nitrogens is 2. The van der Waals surface area contributed by atoms with Crippen molar-refractivity contribution in [2.45, 2.75) is 50.2 Å². The minimum absolute atomic E-state index is 0.00495. The van der Waals surface area contributed by atoms with E-state index in [2.05, 4.69) is 21.8 Å². The lowest BCUT2D eigenvalue weighted by Gasteiger charge is -2.06. The maximum absolute atomic E-state index is 12.7. The summed E-state index contributed by atoms with van der Waals surface area (Å²) in [6.07, 6.45) is -0.241. The van der Waals surface area contributed by atoms with E-state index in [9.17, 15) is 21.6 Å². The number of nitrogens with zero attached hydrogens (tertiary/aromatic N) is 2. The van der Waals surface area contributed by atoms with Crippen molar-refractivity contribution < 1.29 is 26.1 Å². The van der Waals surface area contributed by atoms with Crippen LogP contribution in [0.5, 0.6) is 0 Å². The highest BCUT2D eigenvalue weighted by Gasteiger charge is 2.30. The highest BCUT2D eigenvalue weighted by Crippen LogP contribution is 2.30. The van der Waals surface area contributed by atoms with Crippen LogP contribution >= 0.6 is 0 Å². The third-order valence-electron chi connectivity index (χ3n) is 4.65. The van der Waals surface area contributed by atoms with Gasteiger partial charge in [-0.3, -0.25) is 0 Å². The quantitative estimate of drug-likeness (QED) is 0.463. The Balaban J connectivity index is 1.61. The van der Waals surface area contributed by atoms with Gasteiger partial charge in [-0.15, -0.1) is 0 Å². The molecule has 0 saturated carbocycles. The van der Waals surface area contributed by atoms with Crippen LogP contribution in [0.3, 0.4) is 0 Å². The van der Waals surface area contributed by atoms with Crippen LogP contribution in [0.15, 0.2) is 57.9 Å². The van der Waals surface area contributed by atoms with Gasteiger partial charge in [0.05, 0.1) is 17.0 Å². The fourth-order valence-electron chi connectivity index (χ4n) is 2.91. The number of hydrogen-bond acceptors (Lipinski definition) is 5. The first-order valence-corrected chi connectivity index (χ1v) is 11.3. The van der Waals surface area contributed by atoms with Crippen LogP contribution in [0, 0.1) is 0 Å². The largest absolute Gasteiger partial charge is 0.416 e. The molecule has 6 nitrogen and oxygen atoms in total. The zero-order valence-corrected chi connectivity index (χ0v) is 17.6. The van der Waals surface area contributed by atoms with E-state index in [0.717, 1.165) is 43.4 Å². The number of aryl methyl sites for hydroxylation is 1. The topological polar surface area (TPSA) is 85.1 Å². The van der Waals surface area contributed by atoms with Crippen molar-refractivity contribution in [3.8, 4) is 11.4 Å². The maximum Gasteiger partial charge on any atom is 0.416 e. The van der Waals surface area contributed by atoms with E-state index in [1.807, 2.05) is 0 Å². The molecule has 3 aromatic rings.